The average Bonchev–Trinajstić information content (AvgIpc) is 3.44. The Morgan fingerprint density at radius 2 is 1.68 bits per heavy atom. The van der Waals surface area contributed by atoms with E-state index in [1.165, 1.54) is 0 Å². The average molecular weight is 598 g/mol. The highest BCUT2D eigenvalue weighted by molar-refractivity contribution is 6.01. The van der Waals surface area contributed by atoms with Crippen LogP contribution in [0.25, 0.3) is 10.9 Å². The van der Waals surface area contributed by atoms with E-state index >= 15 is 0 Å². The maximum absolute atomic E-state index is 14.5. The highest BCUT2D eigenvalue weighted by atomic mass is 16.5. The Labute approximate surface area is 257 Å². The van der Waals surface area contributed by atoms with E-state index in [1.807, 2.05) is 68.4 Å². The molecule has 4 aromatic rings. The van der Waals surface area contributed by atoms with E-state index in [0.717, 1.165) is 39.7 Å². The minimum Gasteiger partial charge on any atom is -0.493 e. The number of carbonyl (C=O) groups excluding carboxylic acids is 2. The molecule has 0 saturated carbocycles. The highest BCUT2D eigenvalue weighted by Gasteiger charge is 2.56. The number of hydrogen-bond donors (Lipinski definition) is 1. The molecule has 0 aliphatic carbocycles. The zero-order valence-corrected chi connectivity index (χ0v) is 25.9. The molecule has 44 heavy (non-hydrogen) atoms. The first-order chi connectivity index (χ1) is 21.3. The molecule has 9 heteroatoms. The second-order valence-electron chi connectivity index (χ2n) is 11.4. The number of amides is 2. The third-order valence-electron chi connectivity index (χ3n) is 8.77. The number of nitrogens with zero attached hydrogens (tertiary/aromatic N) is 2. The lowest BCUT2D eigenvalue weighted by Gasteiger charge is -2.51. The number of piperazine rings is 1. The number of H-pyrrole nitrogens is 1. The largest absolute Gasteiger partial charge is 0.493 e. The Hall–Kier alpha value is -4.66. The van der Waals surface area contributed by atoms with Crippen LogP contribution in [0.2, 0.25) is 0 Å². The van der Waals surface area contributed by atoms with Crippen LogP contribution in [0.1, 0.15) is 55.5 Å². The van der Waals surface area contributed by atoms with Gasteiger partial charge in [-0.1, -0.05) is 37.3 Å². The summed E-state index contributed by atoms with van der Waals surface area (Å²) in [6, 6.07) is 19.7. The smallest absolute Gasteiger partial charge is 0.255 e. The molecule has 0 bridgehead atoms. The van der Waals surface area contributed by atoms with Gasteiger partial charge in [0.05, 0.1) is 33.1 Å². The number of hydrogen-bond acceptors (Lipinski definition) is 6. The summed E-state index contributed by atoms with van der Waals surface area (Å²) in [6.45, 7) is 7.60. The lowest BCUT2D eigenvalue weighted by molar-refractivity contribution is -0.166. The van der Waals surface area contributed by atoms with Crippen molar-refractivity contribution in [3.63, 3.8) is 0 Å². The first-order valence-corrected chi connectivity index (χ1v) is 15.1. The van der Waals surface area contributed by atoms with Gasteiger partial charge in [-0.25, -0.2) is 0 Å². The van der Waals surface area contributed by atoms with Crippen molar-refractivity contribution in [2.75, 3.05) is 40.5 Å². The Morgan fingerprint density at radius 1 is 0.909 bits per heavy atom. The third kappa shape index (κ3) is 4.80. The summed E-state index contributed by atoms with van der Waals surface area (Å²) < 4.78 is 22.8. The molecule has 0 unspecified atom stereocenters. The molecule has 6 rings (SSSR count). The van der Waals surface area contributed by atoms with Crippen LogP contribution in [0.15, 0.2) is 60.7 Å². The summed E-state index contributed by atoms with van der Waals surface area (Å²) in [5.74, 6) is 2.15. The second kappa shape index (κ2) is 11.8. The van der Waals surface area contributed by atoms with Crippen molar-refractivity contribution >= 4 is 22.7 Å². The number of para-hydroxylation sites is 1. The number of fused-ring (bicyclic) bond motifs is 5. The summed E-state index contributed by atoms with van der Waals surface area (Å²) in [4.78, 5) is 35.4. The van der Waals surface area contributed by atoms with Crippen LogP contribution in [0, 0.1) is 0 Å². The Morgan fingerprint density at radius 3 is 2.43 bits per heavy atom. The van der Waals surface area contributed by atoms with Crippen LogP contribution < -0.4 is 18.9 Å². The van der Waals surface area contributed by atoms with Gasteiger partial charge in [-0.3, -0.25) is 9.59 Å². The van der Waals surface area contributed by atoms with Crippen molar-refractivity contribution in [1.29, 1.82) is 0 Å². The monoisotopic (exact) mass is 597 g/mol. The summed E-state index contributed by atoms with van der Waals surface area (Å²) in [6.07, 6.45) is 0.890. The number of ether oxygens (including phenoxy) is 4. The Bertz CT molecular complexity index is 1710. The number of rotatable bonds is 10. The van der Waals surface area contributed by atoms with Gasteiger partial charge in [-0.2, -0.15) is 0 Å². The van der Waals surface area contributed by atoms with E-state index in [1.54, 1.807) is 24.0 Å². The molecule has 0 radical (unpaired) electrons. The SMILES string of the molecule is CCCOc1ccc([C@H]2CN3C(=O)CN(Cc4ccc(OC)c(OC)c4)C(=O)[C@]3(C)c3[nH]c4ccccc4c32)cc1OCC. The Kier molecular flexibility index (Phi) is 7.88. The van der Waals surface area contributed by atoms with Crippen LogP contribution in [0.3, 0.4) is 0 Å². The van der Waals surface area contributed by atoms with Crippen molar-refractivity contribution in [2.24, 2.45) is 0 Å². The summed E-state index contributed by atoms with van der Waals surface area (Å²) in [5, 5.41) is 1.04. The fourth-order valence-electron chi connectivity index (χ4n) is 6.64. The highest BCUT2D eigenvalue weighted by Crippen LogP contribution is 2.49. The predicted molar refractivity (Wildman–Crippen MR) is 168 cm³/mol. The predicted octanol–water partition coefficient (Wildman–Crippen LogP) is 5.60. The van der Waals surface area contributed by atoms with Crippen LogP contribution in [-0.2, 0) is 21.7 Å². The first-order valence-electron chi connectivity index (χ1n) is 15.1. The molecule has 1 aromatic heterocycles. The number of benzene rings is 3. The van der Waals surface area contributed by atoms with Gasteiger partial charge in [0.25, 0.3) is 5.91 Å². The molecule has 2 aliphatic heterocycles. The molecule has 0 spiro atoms. The number of carbonyl (C=O) groups is 2. The minimum atomic E-state index is -1.20. The lowest BCUT2D eigenvalue weighted by atomic mass is 9.76. The first kappa shape index (κ1) is 29.4. The molecule has 9 nitrogen and oxygen atoms in total. The molecular formula is C35H39N3O6. The fourth-order valence-corrected chi connectivity index (χ4v) is 6.64. The van der Waals surface area contributed by atoms with E-state index < -0.39 is 5.54 Å². The molecule has 2 aliphatic rings. The zero-order valence-electron chi connectivity index (χ0n) is 25.9. The van der Waals surface area contributed by atoms with Crippen LogP contribution in [0.4, 0.5) is 0 Å². The van der Waals surface area contributed by atoms with E-state index in [4.69, 9.17) is 18.9 Å². The number of aromatic nitrogens is 1. The molecule has 230 valence electrons. The van der Waals surface area contributed by atoms with Gasteiger partial charge in [-0.05, 0) is 67.3 Å². The molecule has 2 amide bonds. The van der Waals surface area contributed by atoms with Crippen molar-refractivity contribution in [3.05, 3.63) is 83.0 Å². The molecule has 1 fully saturated rings. The van der Waals surface area contributed by atoms with Gasteiger partial charge in [0.15, 0.2) is 28.5 Å². The lowest BCUT2D eigenvalue weighted by Crippen LogP contribution is -2.67. The van der Waals surface area contributed by atoms with Crippen LogP contribution in [0.5, 0.6) is 23.0 Å². The zero-order chi connectivity index (χ0) is 31.0. The maximum atomic E-state index is 14.5. The van der Waals surface area contributed by atoms with Crippen LogP contribution >= 0.6 is 0 Å². The topological polar surface area (TPSA) is 93.3 Å². The molecular weight excluding hydrogens is 558 g/mol. The van der Waals surface area contributed by atoms with Crippen molar-refractivity contribution in [2.45, 2.75) is 45.2 Å². The minimum absolute atomic E-state index is 0.0148. The normalized spacial score (nSPS) is 19.5. The number of nitrogens with one attached hydrogen (secondary N) is 1. The second-order valence-corrected chi connectivity index (χ2v) is 11.4. The van der Waals surface area contributed by atoms with Gasteiger partial charge < -0.3 is 33.7 Å². The Balaban J connectivity index is 1.43. The van der Waals surface area contributed by atoms with E-state index in [2.05, 4.69) is 18.0 Å². The van der Waals surface area contributed by atoms with E-state index in [-0.39, 0.29) is 30.8 Å². The van der Waals surface area contributed by atoms with Gasteiger partial charge in [0, 0.05) is 29.9 Å². The van der Waals surface area contributed by atoms with Crippen molar-refractivity contribution in [3.8, 4) is 23.0 Å². The van der Waals surface area contributed by atoms with E-state index in [9.17, 15) is 9.59 Å². The van der Waals surface area contributed by atoms with E-state index in [0.29, 0.717) is 42.8 Å². The van der Waals surface area contributed by atoms with Gasteiger partial charge >= 0.3 is 0 Å². The summed E-state index contributed by atoms with van der Waals surface area (Å²) in [7, 11) is 3.16. The van der Waals surface area contributed by atoms with Crippen molar-refractivity contribution < 1.29 is 28.5 Å². The summed E-state index contributed by atoms with van der Waals surface area (Å²) in [5.41, 5.74) is 3.34. The molecule has 3 heterocycles. The van der Waals surface area contributed by atoms with Gasteiger partial charge in [-0.15, -0.1) is 0 Å². The van der Waals surface area contributed by atoms with Gasteiger partial charge in [0.1, 0.15) is 6.54 Å². The molecule has 1 N–H and O–H groups in total. The fraction of sp³-hybridized carbons (Fsp3) is 0.371. The number of aromatic amines is 1. The standard InChI is InChI=1S/C35H39N3O6/c1-6-16-44-28-15-13-23(18-30(28)43-7-2)25-20-38-31(39)21-37(19-22-12-14-27(41-4)29(17-22)42-5)34(40)35(38,3)33-32(25)24-10-8-9-11-26(24)36-33/h8-15,17-18,25,36H,6-7,16,19-21H2,1-5H3/t25-,35+/m1/s1. The number of methoxy groups -OCH3 is 2. The summed E-state index contributed by atoms with van der Waals surface area (Å²) >= 11 is 0. The van der Waals surface area contributed by atoms with Gasteiger partial charge in [0.2, 0.25) is 5.91 Å². The van der Waals surface area contributed by atoms with Crippen molar-refractivity contribution in [1.82, 2.24) is 14.8 Å². The van der Waals surface area contributed by atoms with Crippen LogP contribution in [-0.4, -0.2) is 67.1 Å². The molecule has 3 aromatic carbocycles. The quantitative estimate of drug-likeness (QED) is 0.256. The third-order valence-corrected chi connectivity index (χ3v) is 8.77. The molecule has 2 atom stereocenters. The molecule has 1 saturated heterocycles. The maximum Gasteiger partial charge on any atom is 0.255 e.